The first-order valence-corrected chi connectivity index (χ1v) is 8.70. The van der Waals surface area contributed by atoms with Gasteiger partial charge in [0.05, 0.1) is 6.10 Å². The molecule has 1 nitrogen and oxygen atoms in total. The molecule has 0 radical (unpaired) electrons. The van der Waals surface area contributed by atoms with Gasteiger partial charge in [0.25, 0.3) is 0 Å². The van der Waals surface area contributed by atoms with E-state index < -0.39 is 0 Å². The topological polar surface area (TPSA) is 20.2 Å². The van der Waals surface area contributed by atoms with Crippen molar-refractivity contribution in [1.82, 2.24) is 0 Å². The lowest BCUT2D eigenvalue weighted by atomic mass is 9.47. The molecule has 0 aromatic carbocycles. The van der Waals surface area contributed by atoms with Crippen molar-refractivity contribution in [3.63, 3.8) is 0 Å². The van der Waals surface area contributed by atoms with Gasteiger partial charge in [0.15, 0.2) is 0 Å². The number of allylic oxidation sites excluding steroid dienone is 4. The summed E-state index contributed by atoms with van der Waals surface area (Å²) in [4.78, 5) is 0. The van der Waals surface area contributed by atoms with E-state index in [4.69, 9.17) is 0 Å². The molecule has 2 rings (SSSR count). The molecule has 2 aliphatic carbocycles. The lowest BCUT2D eigenvalue weighted by Crippen LogP contribution is -2.55. The van der Waals surface area contributed by atoms with Crippen molar-refractivity contribution in [3.05, 3.63) is 23.3 Å². The number of rotatable bonds is 3. The molecule has 0 spiro atoms. The van der Waals surface area contributed by atoms with E-state index in [0.29, 0.717) is 17.3 Å². The standard InChI is InChI=1S/C20H34O/c1-7-14(2)8-10-16-15(3)9-11-17-19(4,5)13-12-18(21)20(16,17)6/h7,9,16-18,21H,8,10-13H2,1-6H3/t16-,17-,18?,20+/m0/s1. The Morgan fingerprint density at radius 2 is 2.05 bits per heavy atom. The first-order valence-electron chi connectivity index (χ1n) is 8.70. The second kappa shape index (κ2) is 5.91. The highest BCUT2D eigenvalue weighted by molar-refractivity contribution is 5.20. The van der Waals surface area contributed by atoms with Gasteiger partial charge in [-0.1, -0.05) is 44.1 Å². The van der Waals surface area contributed by atoms with Crippen molar-refractivity contribution in [2.45, 2.75) is 79.8 Å². The van der Waals surface area contributed by atoms with Crippen molar-refractivity contribution in [1.29, 1.82) is 0 Å². The minimum Gasteiger partial charge on any atom is -0.393 e. The van der Waals surface area contributed by atoms with Crippen LogP contribution < -0.4 is 0 Å². The fourth-order valence-corrected chi connectivity index (χ4v) is 5.11. The van der Waals surface area contributed by atoms with Crippen LogP contribution in [0.4, 0.5) is 0 Å². The molecular formula is C20H34O. The summed E-state index contributed by atoms with van der Waals surface area (Å²) in [6.45, 7) is 13.8. The van der Waals surface area contributed by atoms with Crippen LogP contribution >= 0.6 is 0 Å². The first kappa shape index (κ1) is 16.8. The van der Waals surface area contributed by atoms with Gasteiger partial charge in [-0.05, 0) is 70.1 Å². The highest BCUT2D eigenvalue weighted by atomic mass is 16.3. The quantitative estimate of drug-likeness (QED) is 0.680. The van der Waals surface area contributed by atoms with Crippen LogP contribution in [0.15, 0.2) is 23.3 Å². The Morgan fingerprint density at radius 1 is 1.38 bits per heavy atom. The lowest BCUT2D eigenvalue weighted by Gasteiger charge is -2.59. The molecule has 0 aromatic rings. The molecule has 0 heterocycles. The average Bonchev–Trinajstić information content (AvgIpc) is 2.42. The minimum absolute atomic E-state index is 0.0502. The van der Waals surface area contributed by atoms with Crippen molar-refractivity contribution in [2.75, 3.05) is 0 Å². The Kier molecular flexibility index (Phi) is 4.73. The maximum absolute atomic E-state index is 10.9. The maximum atomic E-state index is 10.9. The molecule has 120 valence electrons. The molecule has 2 aliphatic rings. The highest BCUT2D eigenvalue weighted by Crippen LogP contribution is 2.60. The largest absolute Gasteiger partial charge is 0.393 e. The third kappa shape index (κ3) is 2.86. The summed E-state index contributed by atoms with van der Waals surface area (Å²) < 4.78 is 0. The van der Waals surface area contributed by atoms with Gasteiger partial charge in [-0.25, -0.2) is 0 Å². The van der Waals surface area contributed by atoms with Crippen LogP contribution in [0.25, 0.3) is 0 Å². The normalized spacial score (nSPS) is 39.7. The Labute approximate surface area is 131 Å². The summed E-state index contributed by atoms with van der Waals surface area (Å²) in [6, 6.07) is 0. The smallest absolute Gasteiger partial charge is 0.0602 e. The Bertz CT molecular complexity index is 443. The lowest BCUT2D eigenvalue weighted by molar-refractivity contribution is -0.129. The van der Waals surface area contributed by atoms with Gasteiger partial charge in [0.1, 0.15) is 0 Å². The predicted molar refractivity (Wildman–Crippen MR) is 91.1 cm³/mol. The van der Waals surface area contributed by atoms with Crippen molar-refractivity contribution in [3.8, 4) is 0 Å². The fourth-order valence-electron chi connectivity index (χ4n) is 5.11. The summed E-state index contributed by atoms with van der Waals surface area (Å²) in [6.07, 6.45) is 10.1. The average molecular weight is 290 g/mol. The summed E-state index contributed by atoms with van der Waals surface area (Å²) >= 11 is 0. The number of aliphatic hydroxyl groups is 1. The van der Waals surface area contributed by atoms with Gasteiger partial charge in [-0.3, -0.25) is 0 Å². The van der Waals surface area contributed by atoms with Crippen LogP contribution in [0.5, 0.6) is 0 Å². The second-order valence-electron chi connectivity index (χ2n) is 8.37. The van der Waals surface area contributed by atoms with Crippen LogP contribution in [-0.4, -0.2) is 11.2 Å². The third-order valence-electron chi connectivity index (χ3n) is 6.77. The van der Waals surface area contributed by atoms with Gasteiger partial charge in [-0.15, -0.1) is 0 Å². The molecule has 0 saturated heterocycles. The van der Waals surface area contributed by atoms with E-state index in [1.807, 2.05) is 0 Å². The Balaban J connectivity index is 2.33. The third-order valence-corrected chi connectivity index (χ3v) is 6.77. The zero-order valence-electron chi connectivity index (χ0n) is 14.9. The second-order valence-corrected chi connectivity index (χ2v) is 8.37. The number of fused-ring (bicyclic) bond motifs is 1. The molecule has 21 heavy (non-hydrogen) atoms. The fraction of sp³-hybridized carbons (Fsp3) is 0.800. The van der Waals surface area contributed by atoms with E-state index in [1.54, 1.807) is 0 Å². The number of hydrogen-bond acceptors (Lipinski definition) is 1. The minimum atomic E-state index is -0.143. The summed E-state index contributed by atoms with van der Waals surface area (Å²) in [5, 5.41) is 10.9. The van der Waals surface area contributed by atoms with E-state index >= 15 is 0 Å². The van der Waals surface area contributed by atoms with E-state index in [0.717, 1.165) is 25.7 Å². The van der Waals surface area contributed by atoms with Crippen LogP contribution in [0, 0.1) is 22.7 Å². The number of hydrogen-bond donors (Lipinski definition) is 1. The van der Waals surface area contributed by atoms with E-state index in [9.17, 15) is 5.11 Å². The zero-order chi connectivity index (χ0) is 15.8. The Hall–Kier alpha value is -0.560. The van der Waals surface area contributed by atoms with Crippen LogP contribution in [0.1, 0.15) is 73.6 Å². The molecule has 1 unspecified atom stereocenters. The highest BCUT2D eigenvalue weighted by Gasteiger charge is 2.55. The Morgan fingerprint density at radius 3 is 2.67 bits per heavy atom. The van der Waals surface area contributed by atoms with Crippen LogP contribution in [-0.2, 0) is 0 Å². The number of aliphatic hydroxyl groups excluding tert-OH is 1. The van der Waals surface area contributed by atoms with Gasteiger partial charge < -0.3 is 5.11 Å². The maximum Gasteiger partial charge on any atom is 0.0602 e. The molecule has 0 amide bonds. The molecule has 1 fully saturated rings. The molecule has 1 saturated carbocycles. The first-order chi connectivity index (χ1) is 9.73. The van der Waals surface area contributed by atoms with Gasteiger partial charge >= 0.3 is 0 Å². The molecule has 0 bridgehead atoms. The molecular weight excluding hydrogens is 256 g/mol. The monoisotopic (exact) mass is 290 g/mol. The predicted octanol–water partition coefficient (Wildman–Crippen LogP) is 5.50. The van der Waals surface area contributed by atoms with Crippen LogP contribution in [0.3, 0.4) is 0 Å². The molecule has 0 aromatic heterocycles. The van der Waals surface area contributed by atoms with Gasteiger partial charge in [-0.2, -0.15) is 0 Å². The van der Waals surface area contributed by atoms with Crippen molar-refractivity contribution in [2.24, 2.45) is 22.7 Å². The van der Waals surface area contributed by atoms with Crippen molar-refractivity contribution < 1.29 is 5.11 Å². The van der Waals surface area contributed by atoms with Gasteiger partial charge in [0.2, 0.25) is 0 Å². The van der Waals surface area contributed by atoms with Gasteiger partial charge in [0, 0.05) is 5.41 Å². The van der Waals surface area contributed by atoms with Crippen LogP contribution in [0.2, 0.25) is 0 Å². The molecule has 4 atom stereocenters. The molecule has 1 heteroatoms. The van der Waals surface area contributed by atoms with Crippen molar-refractivity contribution >= 4 is 0 Å². The summed E-state index contributed by atoms with van der Waals surface area (Å²) in [7, 11) is 0. The summed E-state index contributed by atoms with van der Waals surface area (Å²) in [5.41, 5.74) is 3.38. The molecule has 0 aliphatic heterocycles. The molecule has 1 N–H and O–H groups in total. The van der Waals surface area contributed by atoms with E-state index in [2.05, 4.69) is 53.7 Å². The SMILES string of the molecule is CC=C(C)CC[C@H]1C(C)=CC[C@H]2C(C)(C)CCC(O)[C@]12C. The van der Waals surface area contributed by atoms with E-state index in [-0.39, 0.29) is 11.5 Å². The summed E-state index contributed by atoms with van der Waals surface area (Å²) in [5.74, 6) is 1.13. The van der Waals surface area contributed by atoms with E-state index in [1.165, 1.54) is 17.6 Å². The zero-order valence-corrected chi connectivity index (χ0v) is 14.9.